The lowest BCUT2D eigenvalue weighted by Gasteiger charge is -2.37. The maximum atomic E-state index is 11.2. The molecule has 2 unspecified atom stereocenters. The fourth-order valence-electron chi connectivity index (χ4n) is 1.56. The molecule has 0 spiro atoms. The second-order valence-electron chi connectivity index (χ2n) is 4.58. The molecular weight excluding hydrogens is 234 g/mol. The maximum absolute atomic E-state index is 11.2. The van der Waals surface area contributed by atoms with Crippen molar-refractivity contribution in [2.24, 2.45) is 5.73 Å². The van der Waals surface area contributed by atoms with Gasteiger partial charge in [-0.25, -0.2) is 4.79 Å². The molecule has 0 amide bonds. The van der Waals surface area contributed by atoms with Crippen molar-refractivity contribution in [2.75, 3.05) is 6.61 Å². The van der Waals surface area contributed by atoms with Gasteiger partial charge in [0.2, 0.25) is 0 Å². The first-order chi connectivity index (χ1) is 8.19. The molecule has 0 bridgehead atoms. The third kappa shape index (κ3) is 3.00. The van der Waals surface area contributed by atoms with Crippen molar-refractivity contribution < 1.29 is 19.7 Å². The Bertz CT molecular complexity index is 430. The lowest BCUT2D eigenvalue weighted by molar-refractivity contribution is -0.137. The van der Waals surface area contributed by atoms with Crippen LogP contribution in [0, 0.1) is 0 Å². The fraction of sp³-hybridized carbons (Fsp3) is 0.462. The molecule has 5 nitrogen and oxygen atoms in total. The SMILES string of the molecule is CCOC(=O)/C=C/C1=CC(C)(O)C(C)(O)C=C1N. The summed E-state index contributed by atoms with van der Waals surface area (Å²) in [6.07, 6.45) is 5.45. The summed E-state index contributed by atoms with van der Waals surface area (Å²) >= 11 is 0. The molecule has 1 aliphatic carbocycles. The average molecular weight is 253 g/mol. The van der Waals surface area contributed by atoms with E-state index >= 15 is 0 Å². The molecule has 2 atom stereocenters. The van der Waals surface area contributed by atoms with E-state index < -0.39 is 17.2 Å². The topological polar surface area (TPSA) is 92.8 Å². The Morgan fingerprint density at radius 2 is 1.94 bits per heavy atom. The van der Waals surface area contributed by atoms with E-state index in [2.05, 4.69) is 0 Å². The van der Waals surface area contributed by atoms with Crippen LogP contribution in [0.2, 0.25) is 0 Å². The summed E-state index contributed by atoms with van der Waals surface area (Å²) in [4.78, 5) is 11.2. The van der Waals surface area contributed by atoms with E-state index in [0.29, 0.717) is 17.9 Å². The lowest BCUT2D eigenvalue weighted by atomic mass is 9.79. The molecule has 1 rings (SSSR count). The average Bonchev–Trinajstić information content (AvgIpc) is 2.21. The molecule has 0 saturated heterocycles. The molecular formula is C13H19NO4. The molecule has 100 valence electrons. The molecule has 0 heterocycles. The van der Waals surface area contributed by atoms with Crippen LogP contribution in [0.4, 0.5) is 0 Å². The highest BCUT2D eigenvalue weighted by molar-refractivity contribution is 5.82. The lowest BCUT2D eigenvalue weighted by Crippen LogP contribution is -2.49. The number of rotatable bonds is 3. The first-order valence-electron chi connectivity index (χ1n) is 5.71. The summed E-state index contributed by atoms with van der Waals surface area (Å²) in [5.41, 5.74) is 3.62. The largest absolute Gasteiger partial charge is 0.463 e. The van der Waals surface area contributed by atoms with E-state index in [0.717, 1.165) is 0 Å². The van der Waals surface area contributed by atoms with Crippen LogP contribution >= 0.6 is 0 Å². The molecule has 0 aromatic carbocycles. The van der Waals surface area contributed by atoms with Crippen molar-refractivity contribution in [3.8, 4) is 0 Å². The number of ether oxygens (including phenoxy) is 1. The summed E-state index contributed by atoms with van der Waals surface area (Å²) in [5, 5.41) is 20.1. The van der Waals surface area contributed by atoms with Crippen molar-refractivity contribution in [3.05, 3.63) is 35.6 Å². The van der Waals surface area contributed by atoms with Crippen molar-refractivity contribution in [1.82, 2.24) is 0 Å². The Kier molecular flexibility index (Phi) is 3.98. The van der Waals surface area contributed by atoms with E-state index in [1.165, 1.54) is 38.2 Å². The highest BCUT2D eigenvalue weighted by atomic mass is 16.5. The standard InChI is InChI=1S/C13H19NO4/c1-4-18-11(15)6-5-9-7-12(2,16)13(3,17)8-10(9)14/h5-8,16-17H,4,14H2,1-3H3/b6-5+. The summed E-state index contributed by atoms with van der Waals surface area (Å²) in [7, 11) is 0. The van der Waals surface area contributed by atoms with Crippen LogP contribution in [0.3, 0.4) is 0 Å². The number of hydrogen-bond donors (Lipinski definition) is 3. The summed E-state index contributed by atoms with van der Waals surface area (Å²) < 4.78 is 4.74. The number of allylic oxidation sites excluding steroid dienone is 1. The minimum atomic E-state index is -1.45. The monoisotopic (exact) mass is 253 g/mol. The highest BCUT2D eigenvalue weighted by Gasteiger charge is 2.41. The predicted molar refractivity (Wildman–Crippen MR) is 67.4 cm³/mol. The summed E-state index contributed by atoms with van der Waals surface area (Å²) in [5.74, 6) is -0.483. The van der Waals surface area contributed by atoms with E-state index in [-0.39, 0.29) is 0 Å². The first kappa shape index (κ1) is 14.5. The van der Waals surface area contributed by atoms with Crippen molar-refractivity contribution in [1.29, 1.82) is 0 Å². The Labute approximate surface area is 106 Å². The summed E-state index contributed by atoms with van der Waals surface area (Å²) in [6.45, 7) is 4.93. The third-order valence-corrected chi connectivity index (χ3v) is 2.92. The second kappa shape index (κ2) is 4.96. The van der Waals surface area contributed by atoms with Gasteiger partial charge in [0.15, 0.2) is 0 Å². The molecule has 0 radical (unpaired) electrons. The van der Waals surface area contributed by atoms with Crippen LogP contribution in [0.15, 0.2) is 35.6 Å². The van der Waals surface area contributed by atoms with Gasteiger partial charge in [-0.05, 0) is 44.6 Å². The number of nitrogens with two attached hydrogens (primary N) is 1. The third-order valence-electron chi connectivity index (χ3n) is 2.92. The van der Waals surface area contributed by atoms with Crippen LogP contribution < -0.4 is 5.73 Å². The molecule has 0 aromatic heterocycles. The number of hydrogen-bond acceptors (Lipinski definition) is 5. The van der Waals surface area contributed by atoms with Crippen LogP contribution in [-0.2, 0) is 9.53 Å². The molecule has 0 saturated carbocycles. The number of esters is 1. The number of carbonyl (C=O) groups is 1. The normalized spacial score (nSPS) is 32.1. The van der Waals surface area contributed by atoms with Gasteiger partial charge in [0.25, 0.3) is 0 Å². The van der Waals surface area contributed by atoms with E-state index in [4.69, 9.17) is 10.5 Å². The Hall–Kier alpha value is -1.59. The van der Waals surface area contributed by atoms with Gasteiger partial charge in [-0.2, -0.15) is 0 Å². The molecule has 0 aliphatic heterocycles. The van der Waals surface area contributed by atoms with Crippen LogP contribution in [0.25, 0.3) is 0 Å². The minimum Gasteiger partial charge on any atom is -0.463 e. The van der Waals surface area contributed by atoms with Crippen molar-refractivity contribution in [2.45, 2.75) is 32.0 Å². The zero-order valence-electron chi connectivity index (χ0n) is 10.8. The molecule has 0 fully saturated rings. The van der Waals surface area contributed by atoms with Gasteiger partial charge < -0.3 is 20.7 Å². The van der Waals surface area contributed by atoms with Crippen molar-refractivity contribution >= 4 is 5.97 Å². The molecule has 4 N–H and O–H groups in total. The van der Waals surface area contributed by atoms with Gasteiger partial charge in [0, 0.05) is 11.8 Å². The fourth-order valence-corrected chi connectivity index (χ4v) is 1.56. The Balaban J connectivity index is 2.95. The molecule has 18 heavy (non-hydrogen) atoms. The van der Waals surface area contributed by atoms with Crippen molar-refractivity contribution in [3.63, 3.8) is 0 Å². The van der Waals surface area contributed by atoms with Gasteiger partial charge in [-0.3, -0.25) is 0 Å². The van der Waals surface area contributed by atoms with Crippen LogP contribution in [-0.4, -0.2) is 34.0 Å². The predicted octanol–water partition coefficient (Wildman–Crippen LogP) is 0.390. The smallest absolute Gasteiger partial charge is 0.330 e. The second-order valence-corrected chi connectivity index (χ2v) is 4.58. The zero-order chi connectivity index (χ0) is 14.0. The van der Waals surface area contributed by atoms with E-state index in [9.17, 15) is 15.0 Å². The van der Waals surface area contributed by atoms with E-state index in [1.807, 2.05) is 0 Å². The highest BCUT2D eigenvalue weighted by Crippen LogP contribution is 2.32. The quantitative estimate of drug-likeness (QED) is 0.500. The van der Waals surface area contributed by atoms with Gasteiger partial charge in [-0.1, -0.05) is 0 Å². The van der Waals surface area contributed by atoms with E-state index in [1.54, 1.807) is 6.92 Å². The zero-order valence-corrected chi connectivity index (χ0v) is 10.8. The molecule has 5 heteroatoms. The summed E-state index contributed by atoms with van der Waals surface area (Å²) in [6, 6.07) is 0. The maximum Gasteiger partial charge on any atom is 0.330 e. The Morgan fingerprint density at radius 1 is 1.39 bits per heavy atom. The van der Waals surface area contributed by atoms with Crippen LogP contribution in [0.5, 0.6) is 0 Å². The first-order valence-corrected chi connectivity index (χ1v) is 5.71. The number of carbonyl (C=O) groups excluding carboxylic acids is 1. The van der Waals surface area contributed by atoms with Gasteiger partial charge >= 0.3 is 5.97 Å². The molecule has 0 aromatic rings. The van der Waals surface area contributed by atoms with Gasteiger partial charge in [0.05, 0.1) is 6.61 Å². The molecule has 1 aliphatic rings. The van der Waals surface area contributed by atoms with Gasteiger partial charge in [-0.15, -0.1) is 0 Å². The Morgan fingerprint density at radius 3 is 2.50 bits per heavy atom. The van der Waals surface area contributed by atoms with Gasteiger partial charge in [0.1, 0.15) is 11.2 Å². The number of aliphatic hydroxyl groups is 2. The minimum absolute atomic E-state index is 0.292. The van der Waals surface area contributed by atoms with Crippen LogP contribution in [0.1, 0.15) is 20.8 Å².